The van der Waals surface area contributed by atoms with Crippen molar-refractivity contribution in [2.24, 2.45) is 5.92 Å². The van der Waals surface area contributed by atoms with Crippen LogP contribution in [0.4, 0.5) is 5.69 Å². The van der Waals surface area contributed by atoms with Gasteiger partial charge in [-0.1, -0.05) is 60.2 Å². The molecule has 2 N–H and O–H groups in total. The molecule has 0 bridgehead atoms. The van der Waals surface area contributed by atoms with Gasteiger partial charge >= 0.3 is 0 Å². The topological polar surface area (TPSA) is 32.3 Å². The van der Waals surface area contributed by atoms with E-state index in [4.69, 9.17) is 11.6 Å². The van der Waals surface area contributed by atoms with Gasteiger partial charge in [0.2, 0.25) is 0 Å². The highest BCUT2D eigenvalue weighted by Gasteiger charge is 2.40. The van der Waals surface area contributed by atoms with Crippen LogP contribution >= 0.6 is 11.6 Å². The molecular formula is C23H20ClNO. The van der Waals surface area contributed by atoms with E-state index in [0.29, 0.717) is 17.6 Å². The molecule has 3 aromatic rings. The molecule has 0 amide bonds. The lowest BCUT2D eigenvalue weighted by Crippen LogP contribution is -2.29. The molecule has 0 saturated carbocycles. The van der Waals surface area contributed by atoms with E-state index < -0.39 is 0 Å². The van der Waals surface area contributed by atoms with E-state index in [0.717, 1.165) is 39.0 Å². The minimum absolute atomic E-state index is 0.0470. The molecular weight excluding hydrogens is 342 g/mol. The molecule has 130 valence electrons. The van der Waals surface area contributed by atoms with Crippen LogP contribution in [0.5, 0.6) is 5.75 Å². The van der Waals surface area contributed by atoms with E-state index >= 15 is 0 Å². The Morgan fingerprint density at radius 3 is 2.81 bits per heavy atom. The molecule has 3 atom stereocenters. The van der Waals surface area contributed by atoms with E-state index in [1.54, 1.807) is 0 Å². The van der Waals surface area contributed by atoms with Gasteiger partial charge in [-0.25, -0.2) is 0 Å². The van der Waals surface area contributed by atoms with Crippen molar-refractivity contribution >= 4 is 28.1 Å². The van der Waals surface area contributed by atoms with Gasteiger partial charge in [-0.3, -0.25) is 0 Å². The number of hydrogen-bond donors (Lipinski definition) is 2. The molecule has 1 heterocycles. The summed E-state index contributed by atoms with van der Waals surface area (Å²) in [7, 11) is 0. The zero-order valence-electron chi connectivity index (χ0n) is 14.5. The van der Waals surface area contributed by atoms with Crippen molar-refractivity contribution < 1.29 is 5.11 Å². The quantitative estimate of drug-likeness (QED) is 0.496. The SMILES string of the molecule is Cc1c(Cl)ccc2c1NC(c1c(O)ccc3ccccc13)C1CC=CC21. The third-order valence-corrected chi connectivity index (χ3v) is 6.40. The summed E-state index contributed by atoms with van der Waals surface area (Å²) in [6.45, 7) is 2.06. The number of allylic oxidation sites excluding steroid dienone is 2. The first kappa shape index (κ1) is 15.8. The molecule has 0 aromatic heterocycles. The second-order valence-corrected chi connectivity index (χ2v) is 7.74. The standard InChI is InChI=1S/C23H20ClNO/c1-13-19(24)11-10-18-16-7-4-8-17(16)23(25-22(13)18)21-15-6-3-2-5-14(15)9-12-20(21)26/h2-7,9-12,16-17,23,25-26H,8H2,1H3. The molecule has 1 aliphatic carbocycles. The van der Waals surface area contributed by atoms with Crippen LogP contribution in [0.1, 0.15) is 35.1 Å². The Bertz CT molecular complexity index is 1060. The lowest BCUT2D eigenvalue weighted by molar-refractivity contribution is 0.404. The number of aromatic hydroxyl groups is 1. The lowest BCUT2D eigenvalue weighted by Gasteiger charge is -2.39. The normalized spacial score (nSPS) is 23.5. The van der Waals surface area contributed by atoms with Gasteiger partial charge in [0.25, 0.3) is 0 Å². The summed E-state index contributed by atoms with van der Waals surface area (Å²) in [6, 6.07) is 16.3. The summed E-state index contributed by atoms with van der Waals surface area (Å²) >= 11 is 6.40. The fourth-order valence-electron chi connectivity index (χ4n) is 4.69. The van der Waals surface area contributed by atoms with Crippen molar-refractivity contribution in [3.63, 3.8) is 0 Å². The van der Waals surface area contributed by atoms with Gasteiger partial charge in [0.1, 0.15) is 5.75 Å². The number of phenolic OH excluding ortho intramolecular Hbond substituents is 1. The fraction of sp³-hybridized carbons (Fsp3) is 0.217. The van der Waals surface area contributed by atoms with Crippen LogP contribution in [-0.2, 0) is 0 Å². The molecule has 26 heavy (non-hydrogen) atoms. The summed E-state index contributed by atoms with van der Waals surface area (Å²) in [6.07, 6.45) is 5.59. The molecule has 0 saturated heterocycles. The van der Waals surface area contributed by atoms with Crippen molar-refractivity contribution in [3.8, 4) is 5.75 Å². The number of hydrogen-bond acceptors (Lipinski definition) is 2. The molecule has 2 aliphatic rings. The molecule has 0 fully saturated rings. The first-order valence-corrected chi connectivity index (χ1v) is 9.46. The number of nitrogens with one attached hydrogen (secondary N) is 1. The second-order valence-electron chi connectivity index (χ2n) is 7.33. The Kier molecular flexibility index (Phi) is 3.51. The fourth-order valence-corrected chi connectivity index (χ4v) is 4.84. The first-order chi connectivity index (χ1) is 12.6. The average Bonchev–Trinajstić information content (AvgIpc) is 3.14. The van der Waals surface area contributed by atoms with Crippen LogP contribution in [0.3, 0.4) is 0 Å². The number of rotatable bonds is 1. The Morgan fingerprint density at radius 2 is 1.92 bits per heavy atom. The van der Waals surface area contributed by atoms with Gasteiger partial charge in [0, 0.05) is 22.2 Å². The average molecular weight is 362 g/mol. The van der Waals surface area contributed by atoms with E-state index in [2.05, 4.69) is 42.6 Å². The predicted octanol–water partition coefficient (Wildman–Crippen LogP) is 6.33. The summed E-state index contributed by atoms with van der Waals surface area (Å²) in [5.74, 6) is 1.10. The maximum absolute atomic E-state index is 10.8. The number of benzene rings is 3. The Balaban J connectivity index is 1.74. The van der Waals surface area contributed by atoms with Gasteiger partial charge in [-0.15, -0.1) is 0 Å². The molecule has 5 rings (SSSR count). The number of phenols is 1. The summed E-state index contributed by atoms with van der Waals surface area (Å²) in [5.41, 5.74) is 4.49. The van der Waals surface area contributed by atoms with Crippen LogP contribution in [0.15, 0.2) is 60.7 Å². The van der Waals surface area contributed by atoms with E-state index in [-0.39, 0.29) is 6.04 Å². The second kappa shape index (κ2) is 5.78. The summed E-state index contributed by atoms with van der Waals surface area (Å²) in [4.78, 5) is 0. The molecule has 0 radical (unpaired) electrons. The van der Waals surface area contributed by atoms with Crippen LogP contribution in [-0.4, -0.2) is 5.11 Å². The molecule has 2 nitrogen and oxygen atoms in total. The Morgan fingerprint density at radius 1 is 1.08 bits per heavy atom. The van der Waals surface area contributed by atoms with E-state index in [1.807, 2.05) is 30.3 Å². The summed E-state index contributed by atoms with van der Waals surface area (Å²) < 4.78 is 0. The molecule has 3 heteroatoms. The highest BCUT2D eigenvalue weighted by atomic mass is 35.5. The zero-order valence-corrected chi connectivity index (χ0v) is 15.3. The molecule has 0 spiro atoms. The van der Waals surface area contributed by atoms with Crippen molar-refractivity contribution in [3.05, 3.63) is 82.4 Å². The Hall–Kier alpha value is -2.45. The van der Waals surface area contributed by atoms with Crippen LogP contribution < -0.4 is 5.32 Å². The maximum Gasteiger partial charge on any atom is 0.121 e. The van der Waals surface area contributed by atoms with Crippen molar-refractivity contribution in [2.45, 2.75) is 25.3 Å². The highest BCUT2D eigenvalue weighted by Crippen LogP contribution is 2.53. The smallest absolute Gasteiger partial charge is 0.121 e. The summed E-state index contributed by atoms with van der Waals surface area (Å²) in [5, 5.41) is 17.5. The minimum atomic E-state index is 0.0470. The predicted molar refractivity (Wildman–Crippen MR) is 108 cm³/mol. The van der Waals surface area contributed by atoms with Gasteiger partial charge < -0.3 is 10.4 Å². The number of anilines is 1. The highest BCUT2D eigenvalue weighted by molar-refractivity contribution is 6.31. The number of halogens is 1. The van der Waals surface area contributed by atoms with Gasteiger partial charge in [0.05, 0.1) is 6.04 Å². The van der Waals surface area contributed by atoms with Crippen LogP contribution in [0, 0.1) is 12.8 Å². The maximum atomic E-state index is 10.8. The third-order valence-electron chi connectivity index (χ3n) is 5.99. The van der Waals surface area contributed by atoms with Gasteiger partial charge in [-0.05, 0) is 53.3 Å². The zero-order chi connectivity index (χ0) is 17.8. The largest absolute Gasteiger partial charge is 0.508 e. The number of fused-ring (bicyclic) bond motifs is 4. The van der Waals surface area contributed by atoms with E-state index in [1.165, 1.54) is 5.56 Å². The van der Waals surface area contributed by atoms with Crippen LogP contribution in [0.25, 0.3) is 10.8 Å². The van der Waals surface area contributed by atoms with E-state index in [9.17, 15) is 5.11 Å². The first-order valence-electron chi connectivity index (χ1n) is 9.08. The monoisotopic (exact) mass is 361 g/mol. The van der Waals surface area contributed by atoms with Gasteiger partial charge in [0.15, 0.2) is 0 Å². The molecule has 3 aromatic carbocycles. The van der Waals surface area contributed by atoms with Crippen molar-refractivity contribution in [1.82, 2.24) is 0 Å². The third kappa shape index (κ3) is 2.18. The lowest BCUT2D eigenvalue weighted by atomic mass is 9.75. The van der Waals surface area contributed by atoms with Gasteiger partial charge in [-0.2, -0.15) is 0 Å². The van der Waals surface area contributed by atoms with Crippen LogP contribution in [0.2, 0.25) is 5.02 Å². The molecule has 3 unspecified atom stereocenters. The Labute approximate surface area is 158 Å². The minimum Gasteiger partial charge on any atom is -0.508 e. The van der Waals surface area contributed by atoms with Crippen molar-refractivity contribution in [1.29, 1.82) is 0 Å². The molecule has 1 aliphatic heterocycles. The van der Waals surface area contributed by atoms with Crippen molar-refractivity contribution in [2.75, 3.05) is 5.32 Å².